The number of nitrogens with zero attached hydrogens (tertiary/aromatic N) is 4. The number of hydrogen-bond donors (Lipinski definition) is 2. The molecule has 0 radical (unpaired) electrons. The first-order valence-corrected chi connectivity index (χ1v) is 17.3. The Hall–Kier alpha value is -3.24. The number of sulfonamides is 1. The number of thiazole rings is 1. The third kappa shape index (κ3) is 5.80. The normalized spacial score (nSPS) is 29.0. The number of carboxylic acid groups (broad SMARTS) is 1. The first-order chi connectivity index (χ1) is 21.4. The van der Waals surface area contributed by atoms with Gasteiger partial charge in [0, 0.05) is 43.5 Å². The number of amidine groups is 1. The number of aliphatic imine (C=N–C) groups is 1. The highest BCUT2D eigenvalue weighted by atomic mass is 32.2. The van der Waals surface area contributed by atoms with Gasteiger partial charge in [-0.1, -0.05) is 12.1 Å². The van der Waals surface area contributed by atoms with Gasteiger partial charge < -0.3 is 19.9 Å². The van der Waals surface area contributed by atoms with Gasteiger partial charge >= 0.3 is 11.9 Å². The van der Waals surface area contributed by atoms with E-state index in [0.717, 1.165) is 0 Å². The number of fused-ring (bicyclic) bond motifs is 1. The Morgan fingerprint density at radius 3 is 2.76 bits per heavy atom. The molecule has 3 fully saturated rings. The Bertz CT molecular complexity index is 1660. The molecule has 1 aromatic heterocycles. The lowest BCUT2D eigenvalue weighted by Gasteiger charge is -2.42. The molecule has 1 aromatic carbocycles. The van der Waals surface area contributed by atoms with Crippen molar-refractivity contribution in [1.82, 2.24) is 19.5 Å². The van der Waals surface area contributed by atoms with Crippen LogP contribution in [0.5, 0.6) is 0 Å². The molecule has 15 heteroatoms. The van der Waals surface area contributed by atoms with Crippen molar-refractivity contribution in [2.24, 2.45) is 10.4 Å². The van der Waals surface area contributed by atoms with Crippen molar-refractivity contribution in [2.75, 3.05) is 39.4 Å². The Morgan fingerprint density at radius 2 is 2.07 bits per heavy atom. The Labute approximate surface area is 265 Å². The van der Waals surface area contributed by atoms with Crippen LogP contribution in [0, 0.1) is 18.2 Å². The highest BCUT2D eigenvalue weighted by Gasteiger charge is 2.55. The number of hydrogen-bond acceptors (Lipinski definition) is 11. The van der Waals surface area contributed by atoms with Gasteiger partial charge in [0.15, 0.2) is 10.8 Å². The van der Waals surface area contributed by atoms with Gasteiger partial charge in [-0.3, -0.25) is 14.7 Å². The van der Waals surface area contributed by atoms with Crippen LogP contribution in [0.1, 0.15) is 48.9 Å². The van der Waals surface area contributed by atoms with Crippen molar-refractivity contribution in [2.45, 2.75) is 57.1 Å². The summed E-state index contributed by atoms with van der Waals surface area (Å²) >= 11 is 1.37. The average molecular weight is 662 g/mol. The first-order valence-electron chi connectivity index (χ1n) is 14.9. The summed E-state index contributed by atoms with van der Waals surface area (Å²) in [5, 5.41) is 14.5. The molecule has 0 amide bonds. The average Bonchev–Trinajstić information content (AvgIpc) is 3.68. The summed E-state index contributed by atoms with van der Waals surface area (Å²) in [6, 6.07) is 3.51. The third-order valence-electron chi connectivity index (χ3n) is 9.26. The van der Waals surface area contributed by atoms with Gasteiger partial charge in [-0.15, -0.1) is 11.3 Å². The molecular weight excluding hydrogens is 625 g/mol. The first kappa shape index (κ1) is 31.7. The number of aromatic nitrogens is 1. The number of aliphatic carboxylic acids is 1. The van der Waals surface area contributed by atoms with Crippen LogP contribution < -0.4 is 5.32 Å². The van der Waals surface area contributed by atoms with Gasteiger partial charge in [-0.2, -0.15) is 4.31 Å². The van der Waals surface area contributed by atoms with Crippen molar-refractivity contribution in [3.63, 3.8) is 0 Å². The van der Waals surface area contributed by atoms with Gasteiger partial charge in [0.2, 0.25) is 10.0 Å². The number of morpholine rings is 1. The van der Waals surface area contributed by atoms with Crippen molar-refractivity contribution in [1.29, 1.82) is 0 Å². The predicted octanol–water partition coefficient (Wildman–Crippen LogP) is 2.47. The van der Waals surface area contributed by atoms with E-state index in [4.69, 9.17) is 14.5 Å². The highest BCUT2D eigenvalue weighted by Crippen LogP contribution is 2.46. The third-order valence-corrected chi connectivity index (χ3v) is 12.2. The maximum atomic E-state index is 14.8. The number of halogens is 1. The number of esters is 1. The smallest absolute Gasteiger partial charge is 0.338 e. The standard InChI is InChI=1S/C30H36FN5O7S2/c1-4-42-28(37)24-21(33-26(27-32-8-11-44-27)34-25(24)19-6-5-7-20(31)17(19)2)14-35-9-10-43-23-16-36(15-22(23)35)45(40,41)18-12-30(3,13-18)29(38)39/h5-8,11,18,22-23,25H,4,9-10,12-16H2,1-3H3,(H,33,34)(H,38,39)/t18?,22-,23?,25?,30?/m0/s1. The van der Waals surface area contributed by atoms with Crippen LogP contribution in [0.25, 0.3) is 0 Å². The minimum absolute atomic E-state index is 0.0700. The number of benzene rings is 1. The van der Waals surface area contributed by atoms with E-state index in [0.29, 0.717) is 40.8 Å². The van der Waals surface area contributed by atoms with Crippen molar-refractivity contribution in [3.05, 3.63) is 63.0 Å². The molecule has 2 unspecified atom stereocenters. The van der Waals surface area contributed by atoms with Gasteiger partial charge in [0.25, 0.3) is 0 Å². The minimum Gasteiger partial charge on any atom is -0.481 e. The molecule has 3 aliphatic heterocycles. The zero-order chi connectivity index (χ0) is 32.1. The maximum absolute atomic E-state index is 14.8. The lowest BCUT2D eigenvalue weighted by atomic mass is 9.70. The molecule has 2 saturated heterocycles. The number of carbonyl (C=O) groups excluding carboxylic acids is 1. The van der Waals surface area contributed by atoms with E-state index in [1.807, 2.05) is 5.38 Å². The van der Waals surface area contributed by atoms with Crippen LogP contribution in [0.2, 0.25) is 0 Å². The summed E-state index contributed by atoms with van der Waals surface area (Å²) in [7, 11) is -3.74. The summed E-state index contributed by atoms with van der Waals surface area (Å²) in [5.74, 6) is -1.55. The number of nitrogens with one attached hydrogen (secondary N) is 1. The molecule has 3 atom stereocenters. The van der Waals surface area contributed by atoms with E-state index in [9.17, 15) is 27.5 Å². The molecule has 1 aliphatic carbocycles. The van der Waals surface area contributed by atoms with E-state index in [1.54, 1.807) is 39.1 Å². The molecule has 1 saturated carbocycles. The summed E-state index contributed by atoms with van der Waals surface area (Å²) in [5.41, 5.74) is 0.617. The largest absolute Gasteiger partial charge is 0.481 e. The van der Waals surface area contributed by atoms with Gasteiger partial charge in [0.05, 0.1) is 41.6 Å². The fourth-order valence-electron chi connectivity index (χ4n) is 6.64. The Kier molecular flexibility index (Phi) is 8.58. The molecule has 242 valence electrons. The summed E-state index contributed by atoms with van der Waals surface area (Å²) in [6.45, 7) is 6.46. The van der Waals surface area contributed by atoms with Crippen molar-refractivity contribution >= 4 is 39.1 Å². The van der Waals surface area contributed by atoms with Gasteiger partial charge in [-0.25, -0.2) is 22.6 Å². The zero-order valence-corrected chi connectivity index (χ0v) is 26.9. The van der Waals surface area contributed by atoms with Crippen LogP contribution in [-0.2, 0) is 29.1 Å². The van der Waals surface area contributed by atoms with E-state index in [1.165, 1.54) is 21.7 Å². The number of rotatable bonds is 9. The van der Waals surface area contributed by atoms with Crippen LogP contribution in [0.15, 0.2) is 46.0 Å². The van der Waals surface area contributed by atoms with Crippen LogP contribution >= 0.6 is 11.3 Å². The molecular formula is C30H36FN5O7S2. The topological polar surface area (TPSA) is 151 Å². The molecule has 0 spiro atoms. The fraction of sp³-hybridized carbons (Fsp3) is 0.533. The van der Waals surface area contributed by atoms with Crippen LogP contribution in [0.3, 0.4) is 0 Å². The Morgan fingerprint density at radius 1 is 1.29 bits per heavy atom. The fourth-order valence-corrected chi connectivity index (χ4v) is 9.52. The predicted molar refractivity (Wildman–Crippen MR) is 164 cm³/mol. The number of ether oxygens (including phenoxy) is 2. The van der Waals surface area contributed by atoms with Crippen molar-refractivity contribution in [3.8, 4) is 0 Å². The summed E-state index contributed by atoms with van der Waals surface area (Å²) in [6.07, 6.45) is 1.39. The lowest BCUT2D eigenvalue weighted by Crippen LogP contribution is -2.53. The highest BCUT2D eigenvalue weighted by molar-refractivity contribution is 7.89. The summed E-state index contributed by atoms with van der Waals surface area (Å²) in [4.78, 5) is 36.5. The lowest BCUT2D eigenvalue weighted by molar-refractivity contribution is -0.152. The molecule has 45 heavy (non-hydrogen) atoms. The summed E-state index contributed by atoms with van der Waals surface area (Å²) < 4.78 is 54.8. The quantitative estimate of drug-likeness (QED) is 0.384. The molecule has 4 aliphatic rings. The maximum Gasteiger partial charge on any atom is 0.338 e. The monoisotopic (exact) mass is 661 g/mol. The zero-order valence-electron chi connectivity index (χ0n) is 25.2. The number of carbonyl (C=O) groups is 2. The second kappa shape index (κ2) is 12.2. The molecule has 2 N–H and O–H groups in total. The molecule has 4 heterocycles. The van der Waals surface area contributed by atoms with Gasteiger partial charge in [0.1, 0.15) is 11.9 Å². The van der Waals surface area contributed by atoms with E-state index >= 15 is 0 Å². The number of carboxylic acids is 1. The molecule has 2 aromatic rings. The Balaban J connectivity index is 1.32. The van der Waals surface area contributed by atoms with Crippen LogP contribution in [-0.4, -0.2) is 102 Å². The SMILES string of the molecule is CCOC(=O)C1=C(CN2CCOC3CN(S(=O)(=O)C4CC(C)(C(=O)O)C4)C[C@@H]32)NC(c2nccs2)=NC1c1cccc(F)c1C. The van der Waals surface area contributed by atoms with Crippen molar-refractivity contribution < 1.29 is 37.0 Å². The second-order valence-electron chi connectivity index (χ2n) is 12.1. The van der Waals surface area contributed by atoms with E-state index < -0.39 is 50.6 Å². The molecule has 12 nitrogen and oxygen atoms in total. The van der Waals surface area contributed by atoms with Gasteiger partial charge in [-0.05, 0) is 50.8 Å². The molecule has 6 rings (SSSR count). The minimum atomic E-state index is -3.74. The second-order valence-corrected chi connectivity index (χ2v) is 15.2. The van der Waals surface area contributed by atoms with E-state index in [2.05, 4.69) is 15.2 Å². The molecule has 0 bridgehead atoms. The van der Waals surface area contributed by atoms with E-state index in [-0.39, 0.29) is 50.7 Å². The van der Waals surface area contributed by atoms with Crippen LogP contribution in [0.4, 0.5) is 4.39 Å².